The van der Waals surface area contributed by atoms with Crippen LogP contribution in [0.1, 0.15) is 12.0 Å². The summed E-state index contributed by atoms with van der Waals surface area (Å²) >= 11 is 0. The van der Waals surface area contributed by atoms with E-state index in [1.54, 1.807) is 7.11 Å². The molecule has 0 aliphatic rings. The molecule has 0 aromatic heterocycles. The average molecular weight is 206 g/mol. The van der Waals surface area contributed by atoms with Crippen molar-refractivity contribution in [1.82, 2.24) is 0 Å². The third-order valence-corrected chi connectivity index (χ3v) is 2.14. The van der Waals surface area contributed by atoms with E-state index >= 15 is 0 Å². The molecule has 0 atom stereocenters. The van der Waals surface area contributed by atoms with Crippen LogP contribution < -0.4 is 4.74 Å². The Morgan fingerprint density at radius 1 is 1.27 bits per heavy atom. The topological polar surface area (TPSA) is 18.5 Å². The van der Waals surface area contributed by atoms with Gasteiger partial charge < -0.3 is 9.47 Å². The van der Waals surface area contributed by atoms with Crippen LogP contribution in [0.5, 0.6) is 5.75 Å². The Balaban J connectivity index is 2.55. The number of benzene rings is 1. The molecular formula is C13H18O2. The monoisotopic (exact) mass is 206 g/mol. The van der Waals surface area contributed by atoms with E-state index in [1.807, 2.05) is 24.3 Å². The molecule has 2 nitrogen and oxygen atoms in total. The Kier molecular flexibility index (Phi) is 5.56. The third-order valence-electron chi connectivity index (χ3n) is 2.14. The summed E-state index contributed by atoms with van der Waals surface area (Å²) in [6.07, 6.45) is 3.88. The van der Waals surface area contributed by atoms with Gasteiger partial charge in [-0.05, 0) is 24.5 Å². The Hall–Kier alpha value is -1.28. The molecule has 0 fully saturated rings. The molecule has 0 heterocycles. The summed E-state index contributed by atoms with van der Waals surface area (Å²) < 4.78 is 10.6. The zero-order valence-electron chi connectivity index (χ0n) is 9.24. The highest BCUT2D eigenvalue weighted by Crippen LogP contribution is 2.19. The first kappa shape index (κ1) is 11.8. The van der Waals surface area contributed by atoms with Gasteiger partial charge in [-0.15, -0.1) is 6.58 Å². The molecule has 82 valence electrons. The SMILES string of the molecule is C=CCCc1ccccc1OCCOC. The number of rotatable bonds is 7. The van der Waals surface area contributed by atoms with Crippen LogP contribution >= 0.6 is 0 Å². The van der Waals surface area contributed by atoms with Gasteiger partial charge in [-0.3, -0.25) is 0 Å². The van der Waals surface area contributed by atoms with E-state index in [2.05, 4.69) is 12.6 Å². The van der Waals surface area contributed by atoms with E-state index in [0.29, 0.717) is 13.2 Å². The second-order valence-electron chi connectivity index (χ2n) is 3.28. The van der Waals surface area contributed by atoms with E-state index in [9.17, 15) is 0 Å². The fourth-order valence-electron chi connectivity index (χ4n) is 1.34. The van der Waals surface area contributed by atoms with Gasteiger partial charge in [-0.25, -0.2) is 0 Å². The molecule has 2 heteroatoms. The van der Waals surface area contributed by atoms with Crippen molar-refractivity contribution in [2.45, 2.75) is 12.8 Å². The summed E-state index contributed by atoms with van der Waals surface area (Å²) in [5.74, 6) is 0.955. The highest BCUT2D eigenvalue weighted by Gasteiger charge is 2.01. The molecule has 0 N–H and O–H groups in total. The van der Waals surface area contributed by atoms with Crippen LogP contribution in [-0.2, 0) is 11.2 Å². The molecular weight excluding hydrogens is 188 g/mol. The first-order valence-electron chi connectivity index (χ1n) is 5.19. The maximum absolute atomic E-state index is 5.62. The minimum Gasteiger partial charge on any atom is -0.491 e. The van der Waals surface area contributed by atoms with Crippen molar-refractivity contribution >= 4 is 0 Å². The average Bonchev–Trinajstić information content (AvgIpc) is 2.28. The molecule has 0 unspecified atom stereocenters. The number of ether oxygens (including phenoxy) is 2. The van der Waals surface area contributed by atoms with Gasteiger partial charge in [0, 0.05) is 7.11 Å². The summed E-state index contributed by atoms with van der Waals surface area (Å²) in [6, 6.07) is 8.10. The standard InChI is InChI=1S/C13H18O2/c1-3-4-7-12-8-5-6-9-13(12)15-11-10-14-2/h3,5-6,8-9H,1,4,7,10-11H2,2H3. The highest BCUT2D eigenvalue weighted by atomic mass is 16.5. The molecule has 0 radical (unpaired) electrons. The van der Waals surface area contributed by atoms with Gasteiger partial charge in [0.2, 0.25) is 0 Å². The van der Waals surface area contributed by atoms with Crippen molar-refractivity contribution in [2.24, 2.45) is 0 Å². The van der Waals surface area contributed by atoms with Crippen LogP contribution in [-0.4, -0.2) is 20.3 Å². The van der Waals surface area contributed by atoms with Crippen molar-refractivity contribution in [3.8, 4) is 5.75 Å². The van der Waals surface area contributed by atoms with Crippen molar-refractivity contribution in [2.75, 3.05) is 20.3 Å². The minimum absolute atomic E-state index is 0.599. The van der Waals surface area contributed by atoms with Gasteiger partial charge in [-0.2, -0.15) is 0 Å². The first-order chi connectivity index (χ1) is 7.38. The molecule has 0 amide bonds. The van der Waals surface area contributed by atoms with Gasteiger partial charge in [0.25, 0.3) is 0 Å². The zero-order chi connectivity index (χ0) is 10.9. The summed E-state index contributed by atoms with van der Waals surface area (Å²) in [7, 11) is 1.67. The predicted molar refractivity (Wildman–Crippen MR) is 62.3 cm³/mol. The highest BCUT2D eigenvalue weighted by molar-refractivity contribution is 5.33. The van der Waals surface area contributed by atoms with Crippen molar-refractivity contribution < 1.29 is 9.47 Å². The van der Waals surface area contributed by atoms with Crippen LogP contribution in [0.3, 0.4) is 0 Å². The molecule has 1 aromatic rings. The molecule has 0 bridgehead atoms. The molecule has 0 aliphatic carbocycles. The van der Waals surface area contributed by atoms with Crippen molar-refractivity contribution in [1.29, 1.82) is 0 Å². The van der Waals surface area contributed by atoms with Gasteiger partial charge in [0.15, 0.2) is 0 Å². The lowest BCUT2D eigenvalue weighted by Crippen LogP contribution is -2.05. The number of hydrogen-bond donors (Lipinski definition) is 0. The maximum atomic E-state index is 5.62. The van der Waals surface area contributed by atoms with Gasteiger partial charge in [0.05, 0.1) is 6.61 Å². The Morgan fingerprint density at radius 2 is 2.07 bits per heavy atom. The zero-order valence-corrected chi connectivity index (χ0v) is 9.24. The lowest BCUT2D eigenvalue weighted by atomic mass is 10.1. The predicted octanol–water partition coefficient (Wildman–Crippen LogP) is 2.83. The first-order valence-corrected chi connectivity index (χ1v) is 5.19. The second kappa shape index (κ2) is 7.07. The Morgan fingerprint density at radius 3 is 2.80 bits per heavy atom. The second-order valence-corrected chi connectivity index (χ2v) is 3.28. The Labute approximate surface area is 91.5 Å². The maximum Gasteiger partial charge on any atom is 0.122 e. The molecule has 15 heavy (non-hydrogen) atoms. The van der Waals surface area contributed by atoms with E-state index in [4.69, 9.17) is 9.47 Å². The number of methoxy groups -OCH3 is 1. The third kappa shape index (κ3) is 4.17. The van der Waals surface area contributed by atoms with Crippen LogP contribution in [0.2, 0.25) is 0 Å². The van der Waals surface area contributed by atoms with E-state index in [0.717, 1.165) is 18.6 Å². The summed E-state index contributed by atoms with van der Waals surface area (Å²) in [5, 5.41) is 0. The van der Waals surface area contributed by atoms with Crippen LogP contribution in [0, 0.1) is 0 Å². The van der Waals surface area contributed by atoms with Crippen molar-refractivity contribution in [3.63, 3.8) is 0 Å². The molecule has 0 saturated heterocycles. The largest absolute Gasteiger partial charge is 0.491 e. The lowest BCUT2D eigenvalue weighted by molar-refractivity contribution is 0.146. The summed E-state index contributed by atoms with van der Waals surface area (Å²) in [4.78, 5) is 0. The number of para-hydroxylation sites is 1. The van der Waals surface area contributed by atoms with Crippen LogP contribution in [0.4, 0.5) is 0 Å². The number of hydrogen-bond acceptors (Lipinski definition) is 2. The lowest BCUT2D eigenvalue weighted by Gasteiger charge is -2.10. The fraction of sp³-hybridized carbons (Fsp3) is 0.385. The minimum atomic E-state index is 0.599. The normalized spacial score (nSPS) is 9.93. The molecule has 0 saturated carbocycles. The Bertz CT molecular complexity index is 294. The molecule has 1 rings (SSSR count). The number of allylic oxidation sites excluding steroid dienone is 1. The molecule has 0 aliphatic heterocycles. The summed E-state index contributed by atoms with van der Waals surface area (Å²) in [6.45, 7) is 4.94. The molecule has 1 aromatic carbocycles. The van der Waals surface area contributed by atoms with Gasteiger partial charge in [-0.1, -0.05) is 24.3 Å². The quantitative estimate of drug-likeness (QED) is 0.504. The fourth-order valence-corrected chi connectivity index (χ4v) is 1.34. The van der Waals surface area contributed by atoms with Gasteiger partial charge in [0.1, 0.15) is 12.4 Å². The smallest absolute Gasteiger partial charge is 0.122 e. The van der Waals surface area contributed by atoms with Gasteiger partial charge >= 0.3 is 0 Å². The number of aryl methyl sites for hydroxylation is 1. The van der Waals surface area contributed by atoms with Crippen LogP contribution in [0.25, 0.3) is 0 Å². The van der Waals surface area contributed by atoms with Crippen molar-refractivity contribution in [3.05, 3.63) is 42.5 Å². The molecule has 0 spiro atoms. The van der Waals surface area contributed by atoms with E-state index < -0.39 is 0 Å². The van der Waals surface area contributed by atoms with E-state index in [1.165, 1.54) is 5.56 Å². The van der Waals surface area contributed by atoms with Crippen LogP contribution in [0.15, 0.2) is 36.9 Å². The van der Waals surface area contributed by atoms with E-state index in [-0.39, 0.29) is 0 Å². The summed E-state index contributed by atoms with van der Waals surface area (Å²) in [5.41, 5.74) is 1.23.